The zero-order valence-corrected chi connectivity index (χ0v) is 20.3. The molecule has 164 valence electrons. The van der Waals surface area contributed by atoms with Crippen LogP contribution < -0.4 is 10.2 Å². The fourth-order valence-corrected chi connectivity index (χ4v) is 3.55. The van der Waals surface area contributed by atoms with Crippen LogP contribution >= 0.6 is 24.0 Å². The van der Waals surface area contributed by atoms with E-state index in [0.29, 0.717) is 13.1 Å². The third-order valence-electron chi connectivity index (χ3n) is 5.29. The van der Waals surface area contributed by atoms with Crippen molar-refractivity contribution in [2.75, 3.05) is 51.7 Å². The van der Waals surface area contributed by atoms with Crippen LogP contribution in [0.4, 0.5) is 10.2 Å². The smallest absolute Gasteiger partial charge is 0.193 e. The molecule has 0 unspecified atom stereocenters. The maximum atomic E-state index is 13.4. The number of benzene rings is 1. The molecule has 0 saturated carbocycles. The minimum atomic E-state index is -0.221. The van der Waals surface area contributed by atoms with E-state index in [1.165, 1.54) is 6.07 Å². The molecule has 1 saturated heterocycles. The average molecular weight is 526 g/mol. The number of pyridine rings is 1. The highest BCUT2D eigenvalue weighted by atomic mass is 127. The quantitative estimate of drug-likeness (QED) is 0.356. The highest BCUT2D eigenvalue weighted by Gasteiger charge is 2.16. The zero-order valence-electron chi connectivity index (χ0n) is 18.0. The van der Waals surface area contributed by atoms with E-state index in [9.17, 15) is 4.39 Å². The summed E-state index contributed by atoms with van der Waals surface area (Å²) in [6.07, 6.45) is 1.92. The van der Waals surface area contributed by atoms with Crippen LogP contribution in [0.15, 0.2) is 47.6 Å². The molecule has 1 aromatic heterocycles. The summed E-state index contributed by atoms with van der Waals surface area (Å²) in [4.78, 5) is 15.8. The second-order valence-corrected chi connectivity index (χ2v) is 7.33. The van der Waals surface area contributed by atoms with Crippen molar-refractivity contribution in [3.05, 3.63) is 59.5 Å². The summed E-state index contributed by atoms with van der Waals surface area (Å²) >= 11 is 0. The normalized spacial score (nSPS) is 14.9. The minimum absolute atomic E-state index is 0. The van der Waals surface area contributed by atoms with E-state index in [2.05, 4.69) is 44.1 Å². The molecule has 1 aliphatic heterocycles. The number of likely N-dealkylation sites (N-methyl/N-ethyl adjacent to an activating group) is 1. The number of halogens is 2. The van der Waals surface area contributed by atoms with Gasteiger partial charge < -0.3 is 20.0 Å². The molecule has 2 heterocycles. The van der Waals surface area contributed by atoms with Crippen LogP contribution in [0.2, 0.25) is 0 Å². The van der Waals surface area contributed by atoms with Gasteiger partial charge in [0.25, 0.3) is 0 Å². The maximum Gasteiger partial charge on any atom is 0.193 e. The number of piperazine rings is 1. The van der Waals surface area contributed by atoms with Crippen LogP contribution in [0.1, 0.15) is 18.1 Å². The van der Waals surface area contributed by atoms with E-state index in [1.807, 2.05) is 24.2 Å². The molecule has 1 fully saturated rings. The van der Waals surface area contributed by atoms with Gasteiger partial charge in [-0.25, -0.2) is 9.37 Å². The number of nitrogens with zero attached hydrogens (tertiary/aromatic N) is 5. The molecule has 0 spiro atoms. The van der Waals surface area contributed by atoms with E-state index in [0.717, 1.165) is 55.6 Å². The third kappa shape index (κ3) is 6.80. The van der Waals surface area contributed by atoms with Crippen molar-refractivity contribution in [3.8, 4) is 0 Å². The molecule has 0 radical (unpaired) electrons. The molecule has 6 nitrogen and oxygen atoms in total. The third-order valence-corrected chi connectivity index (χ3v) is 5.29. The van der Waals surface area contributed by atoms with Crippen molar-refractivity contribution < 1.29 is 4.39 Å². The Morgan fingerprint density at radius 3 is 2.53 bits per heavy atom. The van der Waals surface area contributed by atoms with E-state index in [4.69, 9.17) is 0 Å². The highest BCUT2D eigenvalue weighted by Crippen LogP contribution is 2.14. The van der Waals surface area contributed by atoms with Crippen LogP contribution in [-0.2, 0) is 13.1 Å². The van der Waals surface area contributed by atoms with Crippen LogP contribution in [0, 0.1) is 5.82 Å². The monoisotopic (exact) mass is 526 g/mol. The summed E-state index contributed by atoms with van der Waals surface area (Å²) in [6.45, 7) is 8.77. The molecular weight excluding hydrogens is 494 g/mol. The van der Waals surface area contributed by atoms with Crippen LogP contribution in [-0.4, -0.2) is 67.6 Å². The summed E-state index contributed by atoms with van der Waals surface area (Å²) in [5.41, 5.74) is 2.01. The molecule has 2 aromatic rings. The Hall–Kier alpha value is -1.94. The molecule has 0 amide bonds. The van der Waals surface area contributed by atoms with Gasteiger partial charge in [-0.3, -0.25) is 4.99 Å². The van der Waals surface area contributed by atoms with Gasteiger partial charge in [-0.1, -0.05) is 25.1 Å². The van der Waals surface area contributed by atoms with Crippen LogP contribution in [0.5, 0.6) is 0 Å². The summed E-state index contributed by atoms with van der Waals surface area (Å²) < 4.78 is 13.4. The standard InChI is InChI=1S/C22H31FN6.HI/c1-4-28-10-12-29(13-11-28)21-9-8-19(15-25-21)16-26-22(24-2)27(3)17-18-6-5-7-20(23)14-18;/h5-9,14-15H,4,10-13,16-17H2,1-3H3,(H,24,26);1H. The molecular formula is C22H32FIN6. The van der Waals surface area contributed by atoms with Gasteiger partial charge in [0.1, 0.15) is 11.6 Å². The Labute approximate surface area is 196 Å². The van der Waals surface area contributed by atoms with E-state index < -0.39 is 0 Å². The van der Waals surface area contributed by atoms with Gasteiger partial charge in [0.15, 0.2) is 5.96 Å². The second-order valence-electron chi connectivity index (χ2n) is 7.33. The van der Waals surface area contributed by atoms with Crippen LogP contribution in [0.3, 0.4) is 0 Å². The number of rotatable bonds is 6. The highest BCUT2D eigenvalue weighted by molar-refractivity contribution is 14.0. The molecule has 30 heavy (non-hydrogen) atoms. The Bertz CT molecular complexity index is 806. The second kappa shape index (κ2) is 12.0. The summed E-state index contributed by atoms with van der Waals surface area (Å²) in [7, 11) is 3.69. The van der Waals surface area contributed by atoms with Crippen molar-refractivity contribution in [1.29, 1.82) is 0 Å². The molecule has 1 aliphatic rings. The largest absolute Gasteiger partial charge is 0.354 e. The molecule has 0 aliphatic carbocycles. The average Bonchev–Trinajstić information content (AvgIpc) is 2.75. The summed E-state index contributed by atoms with van der Waals surface area (Å²) in [6, 6.07) is 10.8. The van der Waals surface area contributed by atoms with Gasteiger partial charge >= 0.3 is 0 Å². The Morgan fingerprint density at radius 2 is 1.93 bits per heavy atom. The number of guanidine groups is 1. The maximum absolute atomic E-state index is 13.4. The number of hydrogen-bond donors (Lipinski definition) is 1. The first-order chi connectivity index (χ1) is 14.1. The van der Waals surface area contributed by atoms with Gasteiger partial charge in [-0.15, -0.1) is 24.0 Å². The Morgan fingerprint density at radius 1 is 1.17 bits per heavy atom. The van der Waals surface area contributed by atoms with Gasteiger partial charge in [0.05, 0.1) is 0 Å². The van der Waals surface area contributed by atoms with Crippen LogP contribution in [0.25, 0.3) is 0 Å². The summed E-state index contributed by atoms with van der Waals surface area (Å²) in [5, 5.41) is 3.35. The number of aliphatic imine (C=N–C) groups is 1. The Balaban J connectivity index is 0.00000320. The lowest BCUT2D eigenvalue weighted by Crippen LogP contribution is -2.46. The van der Waals surface area contributed by atoms with Gasteiger partial charge in [-0.2, -0.15) is 0 Å². The number of hydrogen-bond acceptors (Lipinski definition) is 4. The van der Waals surface area contributed by atoms with E-state index in [1.54, 1.807) is 19.2 Å². The fourth-order valence-electron chi connectivity index (χ4n) is 3.55. The fraction of sp³-hybridized carbons (Fsp3) is 0.455. The first-order valence-corrected chi connectivity index (χ1v) is 10.2. The molecule has 0 atom stereocenters. The minimum Gasteiger partial charge on any atom is -0.354 e. The SMILES string of the molecule is CCN1CCN(c2ccc(CNC(=NC)N(C)Cc3cccc(F)c3)cn2)CC1.I. The topological polar surface area (TPSA) is 47.0 Å². The van der Waals surface area contributed by atoms with Crippen molar-refractivity contribution in [2.24, 2.45) is 4.99 Å². The van der Waals surface area contributed by atoms with Crippen molar-refractivity contribution in [2.45, 2.75) is 20.0 Å². The first kappa shape index (κ1) is 24.3. The number of aromatic nitrogens is 1. The van der Waals surface area contributed by atoms with Crippen molar-refractivity contribution >= 4 is 35.8 Å². The molecule has 1 aromatic carbocycles. The lowest BCUT2D eigenvalue weighted by Gasteiger charge is -2.34. The predicted molar refractivity (Wildman–Crippen MR) is 132 cm³/mol. The number of nitrogens with one attached hydrogen (secondary N) is 1. The predicted octanol–water partition coefficient (Wildman–Crippen LogP) is 3.19. The lowest BCUT2D eigenvalue weighted by molar-refractivity contribution is 0.270. The van der Waals surface area contributed by atoms with E-state index in [-0.39, 0.29) is 29.8 Å². The molecule has 1 N–H and O–H groups in total. The van der Waals surface area contributed by atoms with Gasteiger partial charge in [0.2, 0.25) is 0 Å². The zero-order chi connectivity index (χ0) is 20.6. The number of anilines is 1. The van der Waals surface area contributed by atoms with E-state index >= 15 is 0 Å². The molecule has 8 heteroatoms. The lowest BCUT2D eigenvalue weighted by atomic mass is 10.2. The molecule has 3 rings (SSSR count). The van der Waals surface area contributed by atoms with Gasteiger partial charge in [0, 0.05) is 59.6 Å². The first-order valence-electron chi connectivity index (χ1n) is 10.2. The van der Waals surface area contributed by atoms with Gasteiger partial charge in [-0.05, 0) is 35.9 Å². The molecule has 0 bridgehead atoms. The van der Waals surface area contributed by atoms with Crippen molar-refractivity contribution in [1.82, 2.24) is 20.1 Å². The Kier molecular flexibility index (Phi) is 9.77. The summed E-state index contributed by atoms with van der Waals surface area (Å²) in [5.74, 6) is 1.58. The van der Waals surface area contributed by atoms with Crippen molar-refractivity contribution in [3.63, 3.8) is 0 Å².